The van der Waals surface area contributed by atoms with E-state index < -0.39 is 10.0 Å². The fraction of sp³-hybridized carbons (Fsp3) is 0.500. The lowest BCUT2D eigenvalue weighted by molar-refractivity contribution is 0.335. The van der Waals surface area contributed by atoms with Crippen LogP contribution >= 0.6 is 0 Å². The molecule has 1 aromatic carbocycles. The van der Waals surface area contributed by atoms with E-state index in [4.69, 9.17) is 0 Å². The van der Waals surface area contributed by atoms with Gasteiger partial charge in [0.1, 0.15) is 0 Å². The Bertz CT molecular complexity index is 602. The van der Waals surface area contributed by atoms with E-state index in [1.807, 2.05) is 32.9 Å². The summed E-state index contributed by atoms with van der Waals surface area (Å²) in [6.45, 7) is 8.02. The zero-order valence-corrected chi connectivity index (χ0v) is 13.4. The molecule has 0 radical (unpaired) electrons. The number of hydrogen-bond acceptors (Lipinski definition) is 2. The number of benzene rings is 1. The molecule has 0 unspecified atom stereocenters. The van der Waals surface area contributed by atoms with Crippen molar-refractivity contribution in [2.24, 2.45) is 0 Å². The van der Waals surface area contributed by atoms with Gasteiger partial charge in [0.15, 0.2) is 0 Å². The number of sulfonamides is 1. The molecule has 1 aliphatic rings. The molecule has 4 heteroatoms. The summed E-state index contributed by atoms with van der Waals surface area (Å²) in [6, 6.07) is 7.03. The van der Waals surface area contributed by atoms with E-state index in [9.17, 15) is 8.42 Å². The highest BCUT2D eigenvalue weighted by atomic mass is 32.2. The van der Waals surface area contributed by atoms with E-state index in [1.165, 1.54) is 0 Å². The molecule has 1 aromatic rings. The summed E-state index contributed by atoms with van der Waals surface area (Å²) in [7, 11) is -3.43. The molecule has 0 spiro atoms. The van der Waals surface area contributed by atoms with Gasteiger partial charge in [0.05, 0.1) is 4.90 Å². The van der Waals surface area contributed by atoms with Crippen LogP contribution in [0.15, 0.2) is 40.8 Å². The van der Waals surface area contributed by atoms with Crippen LogP contribution in [0.25, 0.3) is 0 Å². The molecular weight excluding hydrogens is 270 g/mol. The molecule has 2 rings (SSSR count). The van der Waals surface area contributed by atoms with E-state index in [0.29, 0.717) is 4.90 Å². The van der Waals surface area contributed by atoms with E-state index in [0.717, 1.165) is 24.0 Å². The van der Waals surface area contributed by atoms with Crippen molar-refractivity contribution in [3.05, 3.63) is 41.5 Å². The largest absolute Gasteiger partial charge is 0.244 e. The van der Waals surface area contributed by atoms with Crippen LogP contribution in [0.1, 0.15) is 39.2 Å². The Balaban J connectivity index is 2.40. The molecule has 0 amide bonds. The van der Waals surface area contributed by atoms with Gasteiger partial charge in [-0.05, 0) is 39.3 Å². The smallest absolute Gasteiger partial charge is 0.207 e. The highest BCUT2D eigenvalue weighted by Crippen LogP contribution is 2.32. The molecule has 20 heavy (non-hydrogen) atoms. The van der Waals surface area contributed by atoms with Gasteiger partial charge in [0, 0.05) is 12.1 Å². The minimum atomic E-state index is -3.43. The zero-order chi connectivity index (χ0) is 14.9. The first-order valence-corrected chi connectivity index (χ1v) is 8.60. The van der Waals surface area contributed by atoms with Crippen molar-refractivity contribution in [2.75, 3.05) is 0 Å². The molecule has 0 N–H and O–H groups in total. The van der Waals surface area contributed by atoms with Crippen molar-refractivity contribution >= 4 is 10.0 Å². The molecule has 0 aliphatic carbocycles. The van der Waals surface area contributed by atoms with Crippen LogP contribution in [0, 0.1) is 6.92 Å². The van der Waals surface area contributed by atoms with Gasteiger partial charge in [-0.2, -0.15) is 4.31 Å². The summed E-state index contributed by atoms with van der Waals surface area (Å²) >= 11 is 0. The van der Waals surface area contributed by atoms with Crippen LogP contribution in [0.4, 0.5) is 0 Å². The third-order valence-corrected chi connectivity index (χ3v) is 6.01. The van der Waals surface area contributed by atoms with Crippen LogP contribution in [0.3, 0.4) is 0 Å². The van der Waals surface area contributed by atoms with Crippen molar-refractivity contribution in [3.8, 4) is 0 Å². The van der Waals surface area contributed by atoms with Gasteiger partial charge in [-0.15, -0.1) is 0 Å². The molecule has 1 aliphatic heterocycles. The van der Waals surface area contributed by atoms with E-state index in [2.05, 4.69) is 13.0 Å². The monoisotopic (exact) mass is 293 g/mol. The summed E-state index contributed by atoms with van der Waals surface area (Å²) in [5.74, 6) is 0. The van der Waals surface area contributed by atoms with Crippen LogP contribution in [0.5, 0.6) is 0 Å². The number of aryl methyl sites for hydroxylation is 1. The van der Waals surface area contributed by atoms with E-state index in [-0.39, 0.29) is 12.1 Å². The lowest BCUT2D eigenvalue weighted by Crippen LogP contribution is -2.41. The Hall–Kier alpha value is -1.13. The van der Waals surface area contributed by atoms with Gasteiger partial charge in [0.2, 0.25) is 10.0 Å². The maximum absolute atomic E-state index is 12.9. The van der Waals surface area contributed by atoms with Gasteiger partial charge < -0.3 is 0 Å². The summed E-state index contributed by atoms with van der Waals surface area (Å²) in [4.78, 5) is 0.388. The number of rotatable bonds is 4. The molecule has 110 valence electrons. The topological polar surface area (TPSA) is 37.4 Å². The highest BCUT2D eigenvalue weighted by molar-refractivity contribution is 7.89. The average Bonchev–Trinajstić information content (AvgIpc) is 2.66. The zero-order valence-electron chi connectivity index (χ0n) is 12.6. The number of nitrogens with zero attached hydrogens (tertiary/aromatic N) is 1. The van der Waals surface area contributed by atoms with Crippen LogP contribution in [-0.4, -0.2) is 24.8 Å². The lowest BCUT2D eigenvalue weighted by Gasteiger charge is -2.28. The molecule has 1 heterocycles. The van der Waals surface area contributed by atoms with Crippen molar-refractivity contribution in [1.82, 2.24) is 4.31 Å². The molecule has 3 nitrogen and oxygen atoms in total. The van der Waals surface area contributed by atoms with E-state index >= 15 is 0 Å². The fourth-order valence-corrected chi connectivity index (χ4v) is 4.56. The van der Waals surface area contributed by atoms with Crippen LogP contribution in [-0.2, 0) is 10.0 Å². The van der Waals surface area contributed by atoms with Crippen molar-refractivity contribution < 1.29 is 8.42 Å². The first-order valence-electron chi connectivity index (χ1n) is 7.16. The Kier molecular flexibility index (Phi) is 4.35. The Morgan fingerprint density at radius 2 is 1.75 bits per heavy atom. The molecule has 0 saturated heterocycles. The standard InChI is InChI=1S/C16H23NO2S/c1-5-6-15-11-13(3)14(4)17(15)20(18,19)16-9-7-12(2)8-10-16/h7-11,14-15H,5-6H2,1-4H3/t14-,15-/m1/s1. The second-order valence-corrected chi connectivity index (χ2v) is 7.43. The van der Waals surface area contributed by atoms with Gasteiger partial charge in [-0.1, -0.05) is 42.7 Å². The predicted molar refractivity (Wildman–Crippen MR) is 82.1 cm³/mol. The third-order valence-electron chi connectivity index (χ3n) is 4.00. The molecule has 0 saturated carbocycles. The Morgan fingerprint density at radius 3 is 2.30 bits per heavy atom. The first kappa shape index (κ1) is 15.3. The Labute approximate surface area is 122 Å². The fourth-order valence-electron chi connectivity index (χ4n) is 2.73. The summed E-state index contributed by atoms with van der Waals surface area (Å²) in [6.07, 6.45) is 3.94. The second kappa shape index (κ2) is 5.70. The lowest BCUT2D eigenvalue weighted by atomic mass is 10.1. The van der Waals surface area contributed by atoms with Crippen LogP contribution < -0.4 is 0 Å². The third kappa shape index (κ3) is 2.67. The van der Waals surface area contributed by atoms with Crippen molar-refractivity contribution in [2.45, 2.75) is 57.5 Å². The van der Waals surface area contributed by atoms with Crippen LogP contribution in [0.2, 0.25) is 0 Å². The Morgan fingerprint density at radius 1 is 1.15 bits per heavy atom. The molecular formula is C16H23NO2S. The quantitative estimate of drug-likeness (QED) is 0.797. The summed E-state index contributed by atoms with van der Waals surface area (Å²) in [5, 5.41) is 0. The SMILES string of the molecule is CCC[C@@H]1C=C(C)[C@@H](C)N1S(=O)(=O)c1ccc(C)cc1. The van der Waals surface area contributed by atoms with Gasteiger partial charge in [-0.25, -0.2) is 8.42 Å². The minimum absolute atomic E-state index is 0.0127. The maximum Gasteiger partial charge on any atom is 0.244 e. The summed E-state index contributed by atoms with van der Waals surface area (Å²) < 4.78 is 27.4. The molecule has 2 atom stereocenters. The second-order valence-electron chi connectivity index (χ2n) is 5.59. The summed E-state index contributed by atoms with van der Waals surface area (Å²) in [5.41, 5.74) is 2.21. The average molecular weight is 293 g/mol. The van der Waals surface area contributed by atoms with Gasteiger partial charge in [-0.3, -0.25) is 0 Å². The molecule has 0 bridgehead atoms. The highest BCUT2D eigenvalue weighted by Gasteiger charge is 2.38. The van der Waals surface area contributed by atoms with Gasteiger partial charge >= 0.3 is 0 Å². The molecule has 0 fully saturated rings. The normalized spacial score (nSPS) is 23.9. The van der Waals surface area contributed by atoms with Gasteiger partial charge in [0.25, 0.3) is 0 Å². The van der Waals surface area contributed by atoms with Crippen molar-refractivity contribution in [3.63, 3.8) is 0 Å². The van der Waals surface area contributed by atoms with E-state index in [1.54, 1.807) is 16.4 Å². The van der Waals surface area contributed by atoms with Crippen molar-refractivity contribution in [1.29, 1.82) is 0 Å². The maximum atomic E-state index is 12.9. The predicted octanol–water partition coefficient (Wildman–Crippen LogP) is 3.50. The molecule has 0 aromatic heterocycles. The minimum Gasteiger partial charge on any atom is -0.207 e. The number of hydrogen-bond donors (Lipinski definition) is 0. The first-order chi connectivity index (χ1) is 9.37.